The fourth-order valence-electron chi connectivity index (χ4n) is 3.35. The highest BCUT2D eigenvalue weighted by molar-refractivity contribution is 5.94. The van der Waals surface area contributed by atoms with Gasteiger partial charge in [-0.2, -0.15) is 5.10 Å². The summed E-state index contributed by atoms with van der Waals surface area (Å²) in [4.78, 5) is 14.9. The third-order valence-corrected chi connectivity index (χ3v) is 4.97. The number of aromatic nitrogens is 2. The fraction of sp³-hybridized carbons (Fsp3) is 0.474. The summed E-state index contributed by atoms with van der Waals surface area (Å²) in [6.45, 7) is 4.85. The van der Waals surface area contributed by atoms with Crippen molar-refractivity contribution < 1.29 is 9.53 Å². The third kappa shape index (κ3) is 3.75. The van der Waals surface area contributed by atoms with Crippen LogP contribution >= 0.6 is 0 Å². The number of amides is 1. The Bertz CT molecular complexity index is 739. The second-order valence-electron chi connectivity index (χ2n) is 6.95. The lowest BCUT2D eigenvalue weighted by Crippen LogP contribution is -2.47. The van der Waals surface area contributed by atoms with E-state index in [9.17, 15) is 4.79 Å². The molecule has 0 bridgehead atoms. The van der Waals surface area contributed by atoms with E-state index in [0.717, 1.165) is 24.3 Å². The molecule has 1 aliphatic heterocycles. The minimum atomic E-state index is -0.460. The Hall–Kier alpha value is -2.18. The van der Waals surface area contributed by atoms with Gasteiger partial charge < -0.3 is 10.1 Å². The van der Waals surface area contributed by atoms with Crippen molar-refractivity contribution in [1.82, 2.24) is 15.1 Å². The molecule has 1 aliphatic carbocycles. The molecule has 25 heavy (non-hydrogen) atoms. The Kier molecular flexibility index (Phi) is 4.55. The first-order valence-corrected chi connectivity index (χ1v) is 8.94. The number of benzene rings is 1. The van der Waals surface area contributed by atoms with E-state index in [1.807, 2.05) is 25.1 Å². The monoisotopic (exact) mass is 340 g/mol. The van der Waals surface area contributed by atoms with Crippen molar-refractivity contribution in [3.05, 3.63) is 47.2 Å². The minimum absolute atomic E-state index is 0.116. The van der Waals surface area contributed by atoms with Gasteiger partial charge in [0.2, 0.25) is 0 Å². The predicted octanol–water partition coefficient (Wildman–Crippen LogP) is 2.44. The number of H-pyrrole nitrogens is 1. The van der Waals surface area contributed by atoms with Crippen LogP contribution in [-0.4, -0.2) is 46.8 Å². The van der Waals surface area contributed by atoms with Crippen LogP contribution in [0.15, 0.2) is 30.3 Å². The molecule has 2 aromatic rings. The molecule has 6 nitrogen and oxygen atoms in total. The van der Waals surface area contributed by atoms with Crippen molar-refractivity contribution in [3.8, 4) is 0 Å². The summed E-state index contributed by atoms with van der Waals surface area (Å²) in [5.41, 5.74) is 3.46. The van der Waals surface area contributed by atoms with E-state index in [1.54, 1.807) is 0 Å². The van der Waals surface area contributed by atoms with Gasteiger partial charge in [-0.25, -0.2) is 0 Å². The lowest BCUT2D eigenvalue weighted by molar-refractivity contribution is -0.133. The van der Waals surface area contributed by atoms with Gasteiger partial charge >= 0.3 is 0 Å². The van der Waals surface area contributed by atoms with Gasteiger partial charge in [-0.3, -0.25) is 14.8 Å². The van der Waals surface area contributed by atoms with E-state index in [0.29, 0.717) is 24.9 Å². The van der Waals surface area contributed by atoms with Crippen LogP contribution in [0.5, 0.6) is 0 Å². The average molecular weight is 340 g/mol. The number of morpholine rings is 1. The number of aromatic amines is 1. The van der Waals surface area contributed by atoms with Crippen LogP contribution in [0.25, 0.3) is 0 Å². The van der Waals surface area contributed by atoms with Crippen LogP contribution in [0.3, 0.4) is 0 Å². The maximum atomic E-state index is 12.6. The Balaban J connectivity index is 1.36. The number of ether oxygens (including phenoxy) is 1. The van der Waals surface area contributed by atoms with E-state index in [-0.39, 0.29) is 5.91 Å². The Morgan fingerprint density at radius 3 is 2.92 bits per heavy atom. The number of nitrogens with one attached hydrogen (secondary N) is 2. The number of anilines is 1. The molecule has 1 saturated carbocycles. The van der Waals surface area contributed by atoms with Gasteiger partial charge in [0.1, 0.15) is 6.10 Å². The summed E-state index contributed by atoms with van der Waals surface area (Å²) >= 11 is 0. The number of hydrogen-bond donors (Lipinski definition) is 2. The van der Waals surface area contributed by atoms with E-state index >= 15 is 0 Å². The average Bonchev–Trinajstić information content (AvgIpc) is 3.41. The van der Waals surface area contributed by atoms with Gasteiger partial charge in [0.05, 0.1) is 6.61 Å². The van der Waals surface area contributed by atoms with Gasteiger partial charge in [0.15, 0.2) is 5.82 Å². The van der Waals surface area contributed by atoms with Gasteiger partial charge in [0, 0.05) is 36.8 Å². The summed E-state index contributed by atoms with van der Waals surface area (Å²) in [5.74, 6) is 1.11. The highest BCUT2D eigenvalue weighted by Gasteiger charge is 2.30. The molecular formula is C19H24N4O2. The molecule has 2 aliphatic rings. The molecule has 6 heteroatoms. The summed E-state index contributed by atoms with van der Waals surface area (Å²) in [7, 11) is 0. The molecule has 4 rings (SSSR count). The maximum Gasteiger partial charge on any atom is 0.256 e. The van der Waals surface area contributed by atoms with Crippen molar-refractivity contribution in [2.75, 3.05) is 25.0 Å². The lowest BCUT2D eigenvalue weighted by atomic mass is 10.1. The van der Waals surface area contributed by atoms with Crippen molar-refractivity contribution in [2.24, 2.45) is 0 Å². The first-order valence-electron chi connectivity index (χ1n) is 8.94. The molecule has 1 aromatic heterocycles. The molecule has 132 valence electrons. The molecule has 1 amide bonds. The SMILES string of the molecule is Cc1c(NC(=O)[C@@H]2CN(Cc3ccccc3)CCO2)n[nH]c1C1CC1. The predicted molar refractivity (Wildman–Crippen MR) is 95.4 cm³/mol. The standard InChI is InChI=1S/C19H24N4O2/c1-13-17(15-7-8-15)21-22-18(13)20-19(24)16-12-23(9-10-25-16)11-14-5-3-2-4-6-14/h2-6,15-16H,7-12H2,1H3,(H2,20,21,22,24)/t16-/m0/s1. The van der Waals surface area contributed by atoms with E-state index in [4.69, 9.17) is 4.74 Å². The quantitative estimate of drug-likeness (QED) is 0.877. The second-order valence-corrected chi connectivity index (χ2v) is 6.95. The zero-order valence-electron chi connectivity index (χ0n) is 14.5. The first-order chi connectivity index (χ1) is 12.2. The van der Waals surface area contributed by atoms with Gasteiger partial charge in [0.25, 0.3) is 5.91 Å². The molecule has 1 atom stereocenters. The van der Waals surface area contributed by atoms with E-state index in [2.05, 4.69) is 32.5 Å². The van der Waals surface area contributed by atoms with Gasteiger partial charge in [-0.05, 0) is 25.3 Å². The molecule has 2 N–H and O–H groups in total. The van der Waals surface area contributed by atoms with E-state index < -0.39 is 6.10 Å². The van der Waals surface area contributed by atoms with Crippen LogP contribution < -0.4 is 5.32 Å². The van der Waals surface area contributed by atoms with Crippen LogP contribution in [0, 0.1) is 6.92 Å². The van der Waals surface area contributed by atoms with Crippen LogP contribution in [0.1, 0.15) is 35.6 Å². The number of rotatable bonds is 5. The highest BCUT2D eigenvalue weighted by Crippen LogP contribution is 2.41. The number of carbonyl (C=O) groups excluding carboxylic acids is 1. The zero-order chi connectivity index (χ0) is 17.2. The highest BCUT2D eigenvalue weighted by atomic mass is 16.5. The number of carbonyl (C=O) groups is 1. The third-order valence-electron chi connectivity index (χ3n) is 4.97. The first kappa shape index (κ1) is 16.3. The molecule has 0 unspecified atom stereocenters. The van der Waals surface area contributed by atoms with E-state index in [1.165, 1.54) is 18.4 Å². The molecule has 2 fully saturated rings. The van der Waals surface area contributed by atoms with Crippen molar-refractivity contribution >= 4 is 11.7 Å². The van der Waals surface area contributed by atoms with Gasteiger partial charge in [-0.15, -0.1) is 0 Å². The van der Waals surface area contributed by atoms with Crippen molar-refractivity contribution in [2.45, 2.75) is 38.3 Å². The molecule has 0 spiro atoms. The topological polar surface area (TPSA) is 70.2 Å². The largest absolute Gasteiger partial charge is 0.366 e. The Morgan fingerprint density at radius 2 is 2.16 bits per heavy atom. The Labute approximate surface area is 147 Å². The minimum Gasteiger partial charge on any atom is -0.366 e. The molecular weight excluding hydrogens is 316 g/mol. The molecule has 2 heterocycles. The summed E-state index contributed by atoms with van der Waals surface area (Å²) < 4.78 is 5.69. The smallest absolute Gasteiger partial charge is 0.256 e. The van der Waals surface area contributed by atoms with Crippen LogP contribution in [-0.2, 0) is 16.1 Å². The Morgan fingerprint density at radius 1 is 1.36 bits per heavy atom. The molecule has 1 aromatic carbocycles. The van der Waals surface area contributed by atoms with Crippen molar-refractivity contribution in [1.29, 1.82) is 0 Å². The fourth-order valence-corrected chi connectivity index (χ4v) is 3.35. The lowest BCUT2D eigenvalue weighted by Gasteiger charge is -2.32. The normalized spacial score (nSPS) is 21.2. The summed E-state index contributed by atoms with van der Waals surface area (Å²) in [5, 5.41) is 10.3. The molecule has 1 saturated heterocycles. The summed E-state index contributed by atoms with van der Waals surface area (Å²) in [6, 6.07) is 10.3. The maximum absolute atomic E-state index is 12.6. The summed E-state index contributed by atoms with van der Waals surface area (Å²) in [6.07, 6.45) is 1.95. The number of hydrogen-bond acceptors (Lipinski definition) is 4. The van der Waals surface area contributed by atoms with Crippen LogP contribution in [0.4, 0.5) is 5.82 Å². The zero-order valence-corrected chi connectivity index (χ0v) is 14.5. The molecule has 0 radical (unpaired) electrons. The number of nitrogens with zero attached hydrogens (tertiary/aromatic N) is 2. The van der Waals surface area contributed by atoms with Crippen LogP contribution in [0.2, 0.25) is 0 Å². The second kappa shape index (κ2) is 6.98. The van der Waals surface area contributed by atoms with Gasteiger partial charge in [-0.1, -0.05) is 30.3 Å². The van der Waals surface area contributed by atoms with Crippen molar-refractivity contribution in [3.63, 3.8) is 0 Å².